The number of piperidine rings is 1. The average Bonchev–Trinajstić information content (AvgIpc) is 2.77. The van der Waals surface area contributed by atoms with E-state index in [-0.39, 0.29) is 5.91 Å². The Labute approximate surface area is 164 Å². The van der Waals surface area contributed by atoms with Crippen LogP contribution in [-0.2, 0) is 10.2 Å². The summed E-state index contributed by atoms with van der Waals surface area (Å²) in [6.07, 6.45) is 4.94. The fourth-order valence-corrected chi connectivity index (χ4v) is 3.64. The molecule has 1 fully saturated rings. The number of carbonyl (C=O) groups is 1. The fraction of sp³-hybridized carbons (Fsp3) is 0.227. The summed E-state index contributed by atoms with van der Waals surface area (Å²) >= 11 is 0. The van der Waals surface area contributed by atoms with Crippen molar-refractivity contribution in [3.05, 3.63) is 78.6 Å². The summed E-state index contributed by atoms with van der Waals surface area (Å²) in [5, 5.41) is 9.61. The number of nitrogens with one attached hydrogen (secondary N) is 3. The van der Waals surface area contributed by atoms with Gasteiger partial charge in [-0.3, -0.25) is 4.79 Å². The lowest BCUT2D eigenvalue weighted by molar-refractivity contribution is -0.122. The van der Waals surface area contributed by atoms with Gasteiger partial charge in [0.05, 0.1) is 5.41 Å². The maximum absolute atomic E-state index is 13.3. The Morgan fingerprint density at radius 3 is 2.18 bits per heavy atom. The van der Waals surface area contributed by atoms with Crippen molar-refractivity contribution in [2.24, 2.45) is 0 Å². The average molecular weight is 373 g/mol. The second-order valence-electron chi connectivity index (χ2n) is 6.93. The number of benzene rings is 2. The van der Waals surface area contributed by atoms with E-state index < -0.39 is 5.41 Å². The van der Waals surface area contributed by atoms with Gasteiger partial charge in [0.2, 0.25) is 11.9 Å². The maximum Gasteiger partial charge on any atom is 0.235 e. The van der Waals surface area contributed by atoms with Crippen molar-refractivity contribution >= 4 is 23.2 Å². The molecule has 0 atom stereocenters. The van der Waals surface area contributed by atoms with Crippen LogP contribution in [0.15, 0.2) is 73.1 Å². The third-order valence-electron chi connectivity index (χ3n) is 5.18. The van der Waals surface area contributed by atoms with Gasteiger partial charge in [-0.1, -0.05) is 30.3 Å². The first-order chi connectivity index (χ1) is 13.8. The molecule has 6 heteroatoms. The van der Waals surface area contributed by atoms with Gasteiger partial charge in [-0.2, -0.15) is 0 Å². The Hall–Kier alpha value is -3.25. The third kappa shape index (κ3) is 3.87. The van der Waals surface area contributed by atoms with Crippen molar-refractivity contribution in [1.82, 2.24) is 15.3 Å². The maximum atomic E-state index is 13.3. The van der Waals surface area contributed by atoms with Gasteiger partial charge in [0.25, 0.3) is 0 Å². The summed E-state index contributed by atoms with van der Waals surface area (Å²) < 4.78 is 0. The summed E-state index contributed by atoms with van der Waals surface area (Å²) in [6, 6.07) is 19.5. The molecule has 0 aliphatic carbocycles. The van der Waals surface area contributed by atoms with E-state index in [0.29, 0.717) is 5.95 Å². The molecule has 1 aliphatic heterocycles. The largest absolute Gasteiger partial charge is 0.325 e. The molecular weight excluding hydrogens is 350 g/mol. The number of carbonyl (C=O) groups excluding carboxylic acids is 1. The van der Waals surface area contributed by atoms with Gasteiger partial charge in [-0.25, -0.2) is 9.97 Å². The zero-order valence-electron chi connectivity index (χ0n) is 15.6. The minimum Gasteiger partial charge on any atom is -0.325 e. The Kier molecular flexibility index (Phi) is 5.30. The van der Waals surface area contributed by atoms with Crippen LogP contribution >= 0.6 is 0 Å². The molecule has 142 valence electrons. The lowest BCUT2D eigenvalue weighted by atomic mass is 9.72. The zero-order valence-corrected chi connectivity index (χ0v) is 15.6. The van der Waals surface area contributed by atoms with Gasteiger partial charge in [0.15, 0.2) is 0 Å². The van der Waals surface area contributed by atoms with Crippen LogP contribution in [0, 0.1) is 0 Å². The number of amides is 1. The molecule has 2 aromatic carbocycles. The predicted octanol–water partition coefficient (Wildman–Crippen LogP) is 3.48. The summed E-state index contributed by atoms with van der Waals surface area (Å²) in [5.41, 5.74) is 2.22. The van der Waals surface area contributed by atoms with Crippen molar-refractivity contribution in [2.45, 2.75) is 18.3 Å². The van der Waals surface area contributed by atoms with Crippen LogP contribution in [0.2, 0.25) is 0 Å². The molecule has 28 heavy (non-hydrogen) atoms. The highest BCUT2D eigenvalue weighted by molar-refractivity contribution is 5.99. The van der Waals surface area contributed by atoms with Gasteiger partial charge in [-0.15, -0.1) is 0 Å². The number of anilines is 3. The predicted molar refractivity (Wildman–Crippen MR) is 111 cm³/mol. The molecule has 0 radical (unpaired) electrons. The molecule has 0 unspecified atom stereocenters. The standard InChI is InChI=1S/C22H23N5O/c28-20(22(11-15-23-16-12-22)17-5-2-1-3-6-17)26-18-7-9-19(10-8-18)27-21-24-13-4-14-25-21/h1-10,13-14,23H,11-12,15-16H2,(H,26,28)(H,24,25,27). The Bertz CT molecular complexity index is 907. The molecule has 3 N–H and O–H groups in total. The molecule has 1 aromatic heterocycles. The number of aromatic nitrogens is 2. The van der Waals surface area contributed by atoms with Crippen LogP contribution in [0.4, 0.5) is 17.3 Å². The molecule has 1 aliphatic rings. The van der Waals surface area contributed by atoms with Crippen molar-refractivity contribution in [1.29, 1.82) is 0 Å². The summed E-state index contributed by atoms with van der Waals surface area (Å²) in [5.74, 6) is 0.587. The highest BCUT2D eigenvalue weighted by Crippen LogP contribution is 2.35. The second kappa shape index (κ2) is 8.19. The van der Waals surface area contributed by atoms with Gasteiger partial charge in [0, 0.05) is 23.8 Å². The molecule has 2 heterocycles. The molecule has 4 rings (SSSR count). The molecule has 3 aromatic rings. The number of hydrogen-bond acceptors (Lipinski definition) is 5. The van der Waals surface area contributed by atoms with Crippen molar-refractivity contribution in [3.8, 4) is 0 Å². The van der Waals surface area contributed by atoms with Crippen LogP contribution < -0.4 is 16.0 Å². The van der Waals surface area contributed by atoms with Gasteiger partial charge in [-0.05, 0) is 61.8 Å². The quantitative estimate of drug-likeness (QED) is 0.638. The number of nitrogens with zero attached hydrogens (tertiary/aromatic N) is 2. The molecule has 0 spiro atoms. The van der Waals surface area contributed by atoms with E-state index in [4.69, 9.17) is 0 Å². The van der Waals surface area contributed by atoms with E-state index in [0.717, 1.165) is 42.9 Å². The molecule has 1 saturated heterocycles. The summed E-state index contributed by atoms with van der Waals surface area (Å²) in [4.78, 5) is 21.6. The Balaban J connectivity index is 1.50. The van der Waals surface area contributed by atoms with Crippen molar-refractivity contribution in [2.75, 3.05) is 23.7 Å². The first-order valence-corrected chi connectivity index (χ1v) is 9.48. The van der Waals surface area contributed by atoms with E-state index in [2.05, 4.69) is 38.1 Å². The summed E-state index contributed by atoms with van der Waals surface area (Å²) in [6.45, 7) is 1.67. The lowest BCUT2D eigenvalue weighted by Gasteiger charge is -2.36. The van der Waals surface area contributed by atoms with Crippen molar-refractivity contribution < 1.29 is 4.79 Å². The van der Waals surface area contributed by atoms with E-state index >= 15 is 0 Å². The molecule has 6 nitrogen and oxygen atoms in total. The van der Waals surface area contributed by atoms with E-state index in [1.165, 1.54) is 0 Å². The number of rotatable bonds is 5. The van der Waals surface area contributed by atoms with E-state index in [9.17, 15) is 4.79 Å². The van der Waals surface area contributed by atoms with Crippen LogP contribution in [-0.4, -0.2) is 29.0 Å². The van der Waals surface area contributed by atoms with Crippen molar-refractivity contribution in [3.63, 3.8) is 0 Å². The van der Waals surface area contributed by atoms with Crippen LogP contribution in [0.3, 0.4) is 0 Å². The number of hydrogen-bond donors (Lipinski definition) is 3. The second-order valence-corrected chi connectivity index (χ2v) is 6.93. The first-order valence-electron chi connectivity index (χ1n) is 9.48. The summed E-state index contributed by atoms with van der Waals surface area (Å²) in [7, 11) is 0. The Morgan fingerprint density at radius 1 is 0.857 bits per heavy atom. The SMILES string of the molecule is O=C(Nc1ccc(Nc2ncccn2)cc1)C1(c2ccccc2)CCNCC1. The van der Waals surface area contributed by atoms with Gasteiger partial charge >= 0.3 is 0 Å². The topological polar surface area (TPSA) is 78.9 Å². The zero-order chi connectivity index (χ0) is 19.2. The van der Waals surface area contributed by atoms with Gasteiger partial charge in [0.1, 0.15) is 0 Å². The molecule has 1 amide bonds. The minimum absolute atomic E-state index is 0.0484. The Morgan fingerprint density at radius 2 is 1.50 bits per heavy atom. The van der Waals surface area contributed by atoms with Crippen LogP contribution in [0.5, 0.6) is 0 Å². The minimum atomic E-state index is -0.499. The molecular formula is C22H23N5O. The normalized spacial score (nSPS) is 15.6. The first kappa shape index (κ1) is 18.1. The van der Waals surface area contributed by atoms with Crippen LogP contribution in [0.25, 0.3) is 0 Å². The van der Waals surface area contributed by atoms with E-state index in [1.807, 2.05) is 42.5 Å². The third-order valence-corrected chi connectivity index (χ3v) is 5.18. The highest BCUT2D eigenvalue weighted by Gasteiger charge is 2.41. The monoisotopic (exact) mass is 373 g/mol. The smallest absolute Gasteiger partial charge is 0.235 e. The molecule has 0 saturated carbocycles. The van der Waals surface area contributed by atoms with Gasteiger partial charge < -0.3 is 16.0 Å². The highest BCUT2D eigenvalue weighted by atomic mass is 16.2. The molecule has 0 bridgehead atoms. The lowest BCUT2D eigenvalue weighted by Crippen LogP contribution is -2.48. The van der Waals surface area contributed by atoms with Crippen LogP contribution in [0.1, 0.15) is 18.4 Å². The van der Waals surface area contributed by atoms with E-state index in [1.54, 1.807) is 18.5 Å². The fourth-order valence-electron chi connectivity index (χ4n) is 3.64.